The molecule has 0 aromatic carbocycles. The summed E-state index contributed by atoms with van der Waals surface area (Å²) in [6.07, 6.45) is 0. The van der Waals surface area contributed by atoms with E-state index < -0.39 is 11.9 Å². The van der Waals surface area contributed by atoms with Gasteiger partial charge >= 0.3 is 11.9 Å². The Kier molecular flexibility index (Phi) is 4.59. The molecule has 1 heterocycles. The molecule has 6 heteroatoms. The summed E-state index contributed by atoms with van der Waals surface area (Å²) >= 11 is 0. The minimum Gasteiger partial charge on any atom is -0.480 e. The number of hydrogen-bond acceptors (Lipinski definition) is 4. The summed E-state index contributed by atoms with van der Waals surface area (Å²) in [6.45, 7) is 2.63. The second-order valence-corrected chi connectivity index (χ2v) is 3.52. The zero-order valence-corrected chi connectivity index (χ0v) is 9.46. The molecule has 1 aromatic heterocycles. The van der Waals surface area contributed by atoms with Crippen LogP contribution in [-0.2, 0) is 11.3 Å². The van der Waals surface area contributed by atoms with Gasteiger partial charge in [-0.05, 0) is 18.7 Å². The second kappa shape index (κ2) is 5.95. The van der Waals surface area contributed by atoms with Gasteiger partial charge in [0.1, 0.15) is 5.69 Å². The van der Waals surface area contributed by atoms with Crippen LogP contribution in [0.2, 0.25) is 0 Å². The molecule has 92 valence electrons. The average Bonchev–Trinajstić information content (AvgIpc) is 2.28. The molecule has 1 aromatic rings. The molecule has 2 N–H and O–H groups in total. The lowest BCUT2D eigenvalue weighted by Gasteiger charge is -2.17. The number of nitrogens with zero attached hydrogens (tertiary/aromatic N) is 2. The van der Waals surface area contributed by atoms with Crippen LogP contribution < -0.4 is 0 Å². The van der Waals surface area contributed by atoms with Gasteiger partial charge in [-0.1, -0.05) is 13.0 Å². The Bertz CT molecular complexity index is 420. The van der Waals surface area contributed by atoms with Crippen molar-refractivity contribution >= 4 is 11.9 Å². The third kappa shape index (κ3) is 4.20. The lowest BCUT2D eigenvalue weighted by molar-refractivity contribution is -0.138. The summed E-state index contributed by atoms with van der Waals surface area (Å²) in [4.78, 5) is 26.9. The highest BCUT2D eigenvalue weighted by atomic mass is 16.4. The summed E-state index contributed by atoms with van der Waals surface area (Å²) in [7, 11) is 0. The van der Waals surface area contributed by atoms with Crippen LogP contribution in [-0.4, -0.2) is 45.1 Å². The van der Waals surface area contributed by atoms with Crippen LogP contribution in [0.3, 0.4) is 0 Å². The Balaban J connectivity index is 2.75. The Labute approximate surface area is 98.5 Å². The molecular formula is C11H14N2O4. The molecule has 0 saturated carbocycles. The summed E-state index contributed by atoms with van der Waals surface area (Å²) in [6, 6.07) is 4.68. The topological polar surface area (TPSA) is 90.7 Å². The van der Waals surface area contributed by atoms with Crippen LogP contribution in [0.4, 0.5) is 0 Å². The largest absolute Gasteiger partial charge is 0.480 e. The standard InChI is InChI=1S/C11H14N2O4/c1-2-13(7-10(14)15)6-8-4-3-5-9(12-8)11(16)17/h3-5H,2,6-7H2,1H3,(H,14,15)(H,16,17). The molecule has 0 fully saturated rings. The number of aromatic nitrogens is 1. The van der Waals surface area contributed by atoms with E-state index in [-0.39, 0.29) is 12.2 Å². The van der Waals surface area contributed by atoms with Crippen molar-refractivity contribution in [2.75, 3.05) is 13.1 Å². The van der Waals surface area contributed by atoms with Gasteiger partial charge in [0, 0.05) is 6.54 Å². The van der Waals surface area contributed by atoms with Crippen molar-refractivity contribution in [2.45, 2.75) is 13.5 Å². The van der Waals surface area contributed by atoms with Gasteiger partial charge in [-0.25, -0.2) is 9.78 Å². The van der Waals surface area contributed by atoms with E-state index in [1.807, 2.05) is 6.92 Å². The van der Waals surface area contributed by atoms with Gasteiger partial charge in [-0.2, -0.15) is 0 Å². The van der Waals surface area contributed by atoms with Gasteiger partial charge < -0.3 is 10.2 Å². The summed E-state index contributed by atoms with van der Waals surface area (Å²) in [5.41, 5.74) is 0.516. The predicted octanol–water partition coefficient (Wildman–Crippen LogP) is 0.686. The Morgan fingerprint density at radius 2 is 2.06 bits per heavy atom. The predicted molar refractivity (Wildman–Crippen MR) is 59.8 cm³/mol. The van der Waals surface area contributed by atoms with E-state index in [4.69, 9.17) is 10.2 Å². The van der Waals surface area contributed by atoms with Crippen molar-refractivity contribution in [3.63, 3.8) is 0 Å². The van der Waals surface area contributed by atoms with E-state index in [9.17, 15) is 9.59 Å². The van der Waals surface area contributed by atoms with Crippen LogP contribution >= 0.6 is 0 Å². The first-order valence-electron chi connectivity index (χ1n) is 5.16. The van der Waals surface area contributed by atoms with Crippen molar-refractivity contribution < 1.29 is 19.8 Å². The Morgan fingerprint density at radius 1 is 1.35 bits per heavy atom. The molecule has 0 atom stereocenters. The van der Waals surface area contributed by atoms with Gasteiger partial charge in [-0.15, -0.1) is 0 Å². The molecular weight excluding hydrogens is 224 g/mol. The quantitative estimate of drug-likeness (QED) is 0.757. The highest BCUT2D eigenvalue weighted by molar-refractivity contribution is 5.85. The SMILES string of the molecule is CCN(CC(=O)O)Cc1cccc(C(=O)O)n1. The third-order valence-corrected chi connectivity index (χ3v) is 2.22. The van der Waals surface area contributed by atoms with Crippen LogP contribution in [0.15, 0.2) is 18.2 Å². The summed E-state index contributed by atoms with van der Waals surface area (Å²) < 4.78 is 0. The first-order valence-corrected chi connectivity index (χ1v) is 5.16. The number of carbonyl (C=O) groups is 2. The molecule has 0 aliphatic carbocycles. The molecule has 0 spiro atoms. The molecule has 0 bridgehead atoms. The normalized spacial score (nSPS) is 10.5. The van der Waals surface area contributed by atoms with Gasteiger partial charge in [-0.3, -0.25) is 9.69 Å². The molecule has 6 nitrogen and oxygen atoms in total. The molecule has 0 aliphatic rings. The maximum absolute atomic E-state index is 10.7. The Hall–Kier alpha value is -1.95. The van der Waals surface area contributed by atoms with Gasteiger partial charge in [0.05, 0.1) is 12.2 Å². The van der Waals surface area contributed by atoms with Crippen molar-refractivity contribution in [3.05, 3.63) is 29.6 Å². The number of hydrogen-bond donors (Lipinski definition) is 2. The molecule has 17 heavy (non-hydrogen) atoms. The molecule has 0 saturated heterocycles. The average molecular weight is 238 g/mol. The number of aliphatic carboxylic acids is 1. The van der Waals surface area contributed by atoms with Crippen molar-refractivity contribution in [3.8, 4) is 0 Å². The third-order valence-electron chi connectivity index (χ3n) is 2.22. The zero-order valence-electron chi connectivity index (χ0n) is 9.46. The van der Waals surface area contributed by atoms with Gasteiger partial charge in [0.15, 0.2) is 0 Å². The molecule has 0 unspecified atom stereocenters. The highest BCUT2D eigenvalue weighted by Crippen LogP contribution is 2.03. The van der Waals surface area contributed by atoms with Gasteiger partial charge in [0.25, 0.3) is 0 Å². The van der Waals surface area contributed by atoms with Crippen LogP contribution in [0.25, 0.3) is 0 Å². The molecule has 0 amide bonds. The van der Waals surface area contributed by atoms with Crippen LogP contribution in [0.5, 0.6) is 0 Å². The maximum atomic E-state index is 10.7. The van der Waals surface area contributed by atoms with E-state index in [1.165, 1.54) is 6.07 Å². The number of pyridine rings is 1. The van der Waals surface area contributed by atoms with Crippen molar-refractivity contribution in [1.29, 1.82) is 0 Å². The highest BCUT2D eigenvalue weighted by Gasteiger charge is 2.10. The summed E-state index contributed by atoms with van der Waals surface area (Å²) in [5.74, 6) is -2.01. The van der Waals surface area contributed by atoms with Crippen LogP contribution in [0.1, 0.15) is 23.1 Å². The first kappa shape index (κ1) is 13.1. The molecule has 0 aliphatic heterocycles. The monoisotopic (exact) mass is 238 g/mol. The van der Waals surface area contributed by atoms with Crippen molar-refractivity contribution in [1.82, 2.24) is 9.88 Å². The van der Waals surface area contributed by atoms with E-state index in [0.29, 0.717) is 18.8 Å². The number of likely N-dealkylation sites (N-methyl/N-ethyl adjacent to an activating group) is 1. The van der Waals surface area contributed by atoms with E-state index in [2.05, 4.69) is 4.98 Å². The number of carboxylic acids is 2. The molecule has 0 radical (unpaired) electrons. The van der Waals surface area contributed by atoms with E-state index in [1.54, 1.807) is 17.0 Å². The van der Waals surface area contributed by atoms with E-state index >= 15 is 0 Å². The minimum atomic E-state index is -1.09. The number of carboxylic acid groups (broad SMARTS) is 2. The minimum absolute atomic E-state index is 0.0334. The second-order valence-electron chi connectivity index (χ2n) is 3.52. The van der Waals surface area contributed by atoms with Crippen molar-refractivity contribution in [2.24, 2.45) is 0 Å². The van der Waals surface area contributed by atoms with Crippen LogP contribution in [0, 0.1) is 0 Å². The smallest absolute Gasteiger partial charge is 0.354 e. The Morgan fingerprint density at radius 3 is 2.59 bits per heavy atom. The first-order chi connectivity index (χ1) is 8.02. The van der Waals surface area contributed by atoms with Gasteiger partial charge in [0.2, 0.25) is 0 Å². The lowest BCUT2D eigenvalue weighted by Crippen LogP contribution is -2.29. The fraction of sp³-hybridized carbons (Fsp3) is 0.364. The maximum Gasteiger partial charge on any atom is 0.354 e. The number of aromatic carboxylic acids is 1. The fourth-order valence-electron chi connectivity index (χ4n) is 1.39. The zero-order chi connectivity index (χ0) is 12.8. The van der Waals surface area contributed by atoms with E-state index in [0.717, 1.165) is 0 Å². The fourth-order valence-corrected chi connectivity index (χ4v) is 1.39. The lowest BCUT2D eigenvalue weighted by atomic mass is 10.3. The molecule has 1 rings (SSSR count). The summed E-state index contributed by atoms with van der Waals surface area (Å²) in [5, 5.41) is 17.5. The number of rotatable bonds is 6.